The van der Waals surface area contributed by atoms with E-state index in [1.54, 1.807) is 0 Å². The van der Waals surface area contributed by atoms with E-state index in [1.807, 2.05) is 0 Å². The van der Waals surface area contributed by atoms with Crippen LogP contribution in [0.3, 0.4) is 0 Å². The quantitative estimate of drug-likeness (QED) is 0.861. The van der Waals surface area contributed by atoms with Crippen LogP contribution in [0.1, 0.15) is 58.4 Å². The summed E-state index contributed by atoms with van der Waals surface area (Å²) in [4.78, 5) is 16.2. The van der Waals surface area contributed by atoms with Gasteiger partial charge in [-0.15, -0.1) is 0 Å². The topological polar surface area (TPSA) is 46.3 Å². The van der Waals surface area contributed by atoms with E-state index < -0.39 is 0 Å². The Bertz CT molecular complexity index is 759. The molecular weight excluding hydrogens is 332 g/mol. The summed E-state index contributed by atoms with van der Waals surface area (Å²) in [5.41, 5.74) is 7.95. The van der Waals surface area contributed by atoms with E-state index in [2.05, 4.69) is 56.0 Å². The zero-order valence-corrected chi connectivity index (χ0v) is 17.1. The molecule has 146 valence electrons. The highest BCUT2D eigenvalue weighted by atomic mass is 16.2. The Hall–Kier alpha value is -1.35. The number of carbonyl (C=O) groups excluding carboxylic acids is 1. The van der Waals surface area contributed by atoms with Crippen molar-refractivity contribution in [3.63, 3.8) is 0 Å². The molecule has 1 heterocycles. The van der Waals surface area contributed by atoms with Crippen molar-refractivity contribution in [1.29, 1.82) is 0 Å². The molecule has 5 unspecified atom stereocenters. The summed E-state index contributed by atoms with van der Waals surface area (Å²) in [7, 11) is 0. The summed E-state index contributed by atoms with van der Waals surface area (Å²) in [6, 6.07) is 11.3. The third-order valence-corrected chi connectivity index (χ3v) is 9.04. The summed E-state index contributed by atoms with van der Waals surface area (Å²) < 4.78 is 0. The number of benzene rings is 1. The molecule has 2 N–H and O–H groups in total. The van der Waals surface area contributed by atoms with Gasteiger partial charge >= 0.3 is 0 Å². The Morgan fingerprint density at radius 3 is 2.59 bits per heavy atom. The van der Waals surface area contributed by atoms with Crippen molar-refractivity contribution in [2.75, 3.05) is 13.1 Å². The van der Waals surface area contributed by atoms with Crippen molar-refractivity contribution >= 4 is 5.91 Å². The lowest BCUT2D eigenvalue weighted by Crippen LogP contribution is -2.57. The number of rotatable bonds is 2. The Kier molecular flexibility index (Phi) is 3.67. The Balaban J connectivity index is 1.49. The monoisotopic (exact) mass is 366 g/mol. The summed E-state index contributed by atoms with van der Waals surface area (Å²) in [5, 5.41) is 0. The number of amides is 1. The fraction of sp³-hybridized carbons (Fsp3) is 0.708. The van der Waals surface area contributed by atoms with Crippen molar-refractivity contribution in [1.82, 2.24) is 4.90 Å². The zero-order valence-electron chi connectivity index (χ0n) is 17.1. The van der Waals surface area contributed by atoms with Crippen LogP contribution < -0.4 is 5.73 Å². The predicted octanol–water partition coefficient (Wildman–Crippen LogP) is 3.97. The van der Waals surface area contributed by atoms with Crippen LogP contribution >= 0.6 is 0 Å². The molecule has 1 amide bonds. The van der Waals surface area contributed by atoms with Gasteiger partial charge in [0.25, 0.3) is 0 Å². The summed E-state index contributed by atoms with van der Waals surface area (Å²) >= 11 is 0. The highest BCUT2D eigenvalue weighted by molar-refractivity contribution is 5.85. The van der Waals surface area contributed by atoms with Gasteiger partial charge in [0.05, 0.1) is 5.41 Å². The SMILES string of the molecule is CC1C2CC3(c4ccccc4)CC1C(C(=O)N1CC[C@H](N)C(C)(C)C1)(C2)C3. The third kappa shape index (κ3) is 2.33. The minimum absolute atomic E-state index is 0.0168. The van der Waals surface area contributed by atoms with Crippen LogP contribution in [0, 0.1) is 28.6 Å². The molecule has 3 nitrogen and oxygen atoms in total. The number of carbonyl (C=O) groups is 1. The third-order valence-electron chi connectivity index (χ3n) is 9.04. The fourth-order valence-electron chi connectivity index (χ4n) is 7.55. The molecule has 1 aromatic carbocycles. The van der Waals surface area contributed by atoms with Gasteiger partial charge < -0.3 is 10.6 Å². The first-order valence-corrected chi connectivity index (χ1v) is 10.9. The van der Waals surface area contributed by atoms with Gasteiger partial charge in [-0.25, -0.2) is 0 Å². The minimum atomic E-state index is -0.115. The lowest BCUT2D eigenvalue weighted by atomic mass is 9.62. The van der Waals surface area contributed by atoms with Crippen molar-refractivity contribution in [3.05, 3.63) is 35.9 Å². The summed E-state index contributed by atoms with van der Waals surface area (Å²) in [6.07, 6.45) is 5.60. The van der Waals surface area contributed by atoms with Crippen LogP contribution in [0.25, 0.3) is 0 Å². The Labute approximate surface area is 163 Å². The standard InChI is InChI=1S/C24H34N2O/c1-16-17-11-23(18-7-5-4-6-8-18)13-19(16)24(12-17,14-23)21(27)26-10-9-20(25)22(2,3)15-26/h4-8,16-17,19-20H,9-15,25H2,1-3H3/t16?,17?,19?,20-,23?,24?/m0/s1. The second-order valence-electron chi connectivity index (χ2n) is 10.9. The Morgan fingerprint density at radius 1 is 1.15 bits per heavy atom. The van der Waals surface area contributed by atoms with Crippen LogP contribution in [-0.2, 0) is 10.2 Å². The molecule has 5 aliphatic rings. The number of piperidine rings is 1. The molecule has 0 aromatic heterocycles. The van der Waals surface area contributed by atoms with E-state index in [9.17, 15) is 4.79 Å². The molecule has 1 saturated heterocycles. The smallest absolute Gasteiger partial charge is 0.229 e. The largest absolute Gasteiger partial charge is 0.342 e. The van der Waals surface area contributed by atoms with E-state index in [4.69, 9.17) is 5.73 Å². The van der Waals surface area contributed by atoms with Crippen LogP contribution in [0.15, 0.2) is 30.3 Å². The lowest BCUT2D eigenvalue weighted by molar-refractivity contribution is -0.148. The van der Waals surface area contributed by atoms with Crippen LogP contribution in [0.4, 0.5) is 0 Å². The zero-order chi connectivity index (χ0) is 19.0. The van der Waals surface area contributed by atoms with E-state index in [0.29, 0.717) is 23.7 Å². The van der Waals surface area contributed by atoms with E-state index in [1.165, 1.54) is 18.4 Å². The highest BCUT2D eigenvalue weighted by Gasteiger charge is 2.70. The van der Waals surface area contributed by atoms with Crippen molar-refractivity contribution in [2.45, 2.75) is 64.3 Å². The molecule has 4 aliphatic carbocycles. The van der Waals surface area contributed by atoms with Crippen LogP contribution in [0.2, 0.25) is 0 Å². The molecule has 6 rings (SSSR count). The number of nitrogens with two attached hydrogens (primary N) is 1. The van der Waals surface area contributed by atoms with Gasteiger partial charge in [0.1, 0.15) is 0 Å². The van der Waals surface area contributed by atoms with Crippen molar-refractivity contribution in [2.24, 2.45) is 34.3 Å². The van der Waals surface area contributed by atoms with Crippen LogP contribution in [0.5, 0.6) is 0 Å². The highest BCUT2D eigenvalue weighted by Crippen LogP contribution is 2.73. The molecule has 3 heteroatoms. The molecule has 1 aromatic rings. The maximum atomic E-state index is 14.0. The minimum Gasteiger partial charge on any atom is -0.342 e. The molecule has 6 atom stereocenters. The van der Waals surface area contributed by atoms with Gasteiger partial charge in [-0.1, -0.05) is 51.1 Å². The van der Waals surface area contributed by atoms with Crippen LogP contribution in [-0.4, -0.2) is 29.9 Å². The first kappa shape index (κ1) is 17.7. The van der Waals surface area contributed by atoms with Gasteiger partial charge in [-0.05, 0) is 66.3 Å². The molecule has 0 radical (unpaired) electrons. The van der Waals surface area contributed by atoms with Gasteiger partial charge in [-0.3, -0.25) is 4.79 Å². The predicted molar refractivity (Wildman–Crippen MR) is 108 cm³/mol. The molecule has 5 fully saturated rings. The molecule has 1 aliphatic heterocycles. The number of nitrogens with zero attached hydrogens (tertiary/aromatic N) is 1. The summed E-state index contributed by atoms with van der Waals surface area (Å²) in [5.74, 6) is 2.41. The molecule has 4 bridgehead atoms. The van der Waals surface area contributed by atoms with Gasteiger partial charge in [-0.2, -0.15) is 0 Å². The maximum absolute atomic E-state index is 14.0. The van der Waals surface area contributed by atoms with Gasteiger partial charge in [0.2, 0.25) is 5.91 Å². The van der Waals surface area contributed by atoms with Crippen molar-refractivity contribution in [3.8, 4) is 0 Å². The van der Waals surface area contributed by atoms with Crippen molar-refractivity contribution < 1.29 is 4.79 Å². The second kappa shape index (κ2) is 5.59. The number of hydrogen-bond donors (Lipinski definition) is 1. The number of likely N-dealkylation sites (tertiary alicyclic amines) is 1. The van der Waals surface area contributed by atoms with E-state index >= 15 is 0 Å². The lowest BCUT2D eigenvalue weighted by Gasteiger charge is -2.47. The van der Waals surface area contributed by atoms with E-state index in [0.717, 1.165) is 32.4 Å². The Morgan fingerprint density at radius 2 is 1.89 bits per heavy atom. The average Bonchev–Trinajstić information content (AvgIpc) is 3.02. The van der Waals surface area contributed by atoms with E-state index in [-0.39, 0.29) is 22.3 Å². The molecule has 27 heavy (non-hydrogen) atoms. The number of hydrogen-bond acceptors (Lipinski definition) is 2. The van der Waals surface area contributed by atoms with Gasteiger partial charge in [0, 0.05) is 19.1 Å². The molecular formula is C24H34N2O. The average molecular weight is 367 g/mol. The van der Waals surface area contributed by atoms with Gasteiger partial charge in [0.15, 0.2) is 0 Å². The second-order valence-corrected chi connectivity index (χ2v) is 10.9. The molecule has 0 spiro atoms. The first-order chi connectivity index (χ1) is 12.8. The first-order valence-electron chi connectivity index (χ1n) is 10.9. The maximum Gasteiger partial charge on any atom is 0.229 e. The summed E-state index contributed by atoms with van der Waals surface area (Å²) in [6.45, 7) is 8.52. The fourth-order valence-corrected chi connectivity index (χ4v) is 7.55. The normalized spacial score (nSPS) is 44.7. The molecule has 4 saturated carbocycles.